The Morgan fingerprint density at radius 2 is 1.88 bits per heavy atom. The number of benzene rings is 1. The van der Waals surface area contributed by atoms with E-state index in [1.165, 1.54) is 11.1 Å². The maximum atomic E-state index is 5.43. The predicted octanol–water partition coefficient (Wildman–Crippen LogP) is 4.18. The van der Waals surface area contributed by atoms with E-state index in [2.05, 4.69) is 58.5 Å². The molecule has 0 saturated heterocycles. The van der Waals surface area contributed by atoms with Gasteiger partial charge in [0, 0.05) is 17.8 Å². The van der Waals surface area contributed by atoms with E-state index in [1.807, 2.05) is 19.1 Å². The van der Waals surface area contributed by atoms with Crippen molar-refractivity contribution in [2.24, 2.45) is 0 Å². The third-order valence-electron chi connectivity index (χ3n) is 4.47. The average Bonchev–Trinajstić information content (AvgIpc) is 3.30. The summed E-state index contributed by atoms with van der Waals surface area (Å²) in [4.78, 5) is 9.14. The molecule has 0 aliphatic heterocycles. The van der Waals surface area contributed by atoms with E-state index in [0.29, 0.717) is 23.9 Å². The summed E-state index contributed by atoms with van der Waals surface area (Å²) in [6.07, 6.45) is 2.48. The Hall–Kier alpha value is -3.15. The van der Waals surface area contributed by atoms with E-state index in [0.717, 1.165) is 23.5 Å². The fraction of sp³-hybridized carbons (Fsp3) is 0.250. The first-order valence-electron chi connectivity index (χ1n) is 8.75. The highest BCUT2D eigenvalue weighted by atomic mass is 16.3. The quantitative estimate of drug-likeness (QED) is 0.587. The number of aromatic nitrogens is 4. The zero-order valence-corrected chi connectivity index (χ0v) is 15.2. The summed E-state index contributed by atoms with van der Waals surface area (Å²) >= 11 is 0. The van der Waals surface area contributed by atoms with Crippen molar-refractivity contribution in [1.29, 1.82) is 0 Å². The van der Waals surface area contributed by atoms with Crippen LogP contribution < -0.4 is 5.32 Å². The molecule has 6 nitrogen and oxygen atoms in total. The Morgan fingerprint density at radius 1 is 1.08 bits per heavy atom. The van der Waals surface area contributed by atoms with Crippen molar-refractivity contribution in [3.05, 3.63) is 65.0 Å². The summed E-state index contributed by atoms with van der Waals surface area (Å²) < 4.78 is 7.21. The van der Waals surface area contributed by atoms with Crippen LogP contribution in [0.3, 0.4) is 0 Å². The molecule has 1 aromatic carbocycles. The van der Waals surface area contributed by atoms with Crippen molar-refractivity contribution >= 4 is 11.6 Å². The molecule has 1 N–H and O–H groups in total. The average molecular weight is 347 g/mol. The van der Waals surface area contributed by atoms with Gasteiger partial charge in [0.1, 0.15) is 5.82 Å². The molecule has 0 atom stereocenters. The summed E-state index contributed by atoms with van der Waals surface area (Å²) in [5, 5.41) is 8.15. The first kappa shape index (κ1) is 16.3. The standard InChI is InChI=1S/C20H21N5O/c1-4-16-14(3)22-20-23-18(17-6-5-11-26-17)24-25(20)19(16)21-12-15-9-7-13(2)8-10-15/h5-11,21H,4,12H2,1-3H3. The van der Waals surface area contributed by atoms with Crippen LogP contribution in [0, 0.1) is 13.8 Å². The van der Waals surface area contributed by atoms with Gasteiger partial charge in [0.2, 0.25) is 5.82 Å². The van der Waals surface area contributed by atoms with Gasteiger partial charge in [-0.25, -0.2) is 4.98 Å². The minimum Gasteiger partial charge on any atom is -0.461 e. The number of furan rings is 1. The van der Waals surface area contributed by atoms with Crippen LogP contribution in [0.15, 0.2) is 47.1 Å². The topological polar surface area (TPSA) is 68.2 Å². The van der Waals surface area contributed by atoms with Gasteiger partial charge in [-0.3, -0.25) is 0 Å². The molecule has 0 spiro atoms. The monoisotopic (exact) mass is 347 g/mol. The molecule has 0 radical (unpaired) electrons. The lowest BCUT2D eigenvalue weighted by Crippen LogP contribution is -2.11. The second kappa shape index (κ2) is 6.63. The van der Waals surface area contributed by atoms with Crippen molar-refractivity contribution in [2.75, 3.05) is 5.32 Å². The Bertz CT molecular complexity index is 1030. The lowest BCUT2D eigenvalue weighted by atomic mass is 10.1. The fourth-order valence-electron chi connectivity index (χ4n) is 3.05. The Labute approximate surface area is 151 Å². The third-order valence-corrected chi connectivity index (χ3v) is 4.47. The van der Waals surface area contributed by atoms with Gasteiger partial charge < -0.3 is 9.73 Å². The van der Waals surface area contributed by atoms with Crippen LogP contribution in [0.5, 0.6) is 0 Å². The van der Waals surface area contributed by atoms with Gasteiger partial charge in [0.25, 0.3) is 5.78 Å². The normalized spacial score (nSPS) is 11.2. The van der Waals surface area contributed by atoms with Gasteiger partial charge in [0.05, 0.1) is 6.26 Å². The van der Waals surface area contributed by atoms with Crippen LogP contribution in [-0.4, -0.2) is 19.6 Å². The predicted molar refractivity (Wildman–Crippen MR) is 101 cm³/mol. The zero-order chi connectivity index (χ0) is 18.1. The van der Waals surface area contributed by atoms with Crippen LogP contribution in [-0.2, 0) is 13.0 Å². The summed E-state index contributed by atoms with van der Waals surface area (Å²) in [7, 11) is 0. The summed E-state index contributed by atoms with van der Waals surface area (Å²) in [6.45, 7) is 6.93. The minimum absolute atomic E-state index is 0.536. The number of nitrogens with zero attached hydrogens (tertiary/aromatic N) is 4. The summed E-state index contributed by atoms with van der Waals surface area (Å²) in [6, 6.07) is 12.2. The number of hydrogen-bond donors (Lipinski definition) is 1. The highest BCUT2D eigenvalue weighted by Crippen LogP contribution is 2.24. The van der Waals surface area contributed by atoms with E-state index in [4.69, 9.17) is 4.42 Å². The minimum atomic E-state index is 0.536. The Balaban J connectivity index is 1.76. The van der Waals surface area contributed by atoms with Gasteiger partial charge >= 0.3 is 0 Å². The van der Waals surface area contributed by atoms with Crippen molar-refractivity contribution < 1.29 is 4.42 Å². The number of rotatable bonds is 5. The SMILES string of the molecule is CCc1c(C)nc2nc(-c3ccco3)nn2c1NCc1ccc(C)cc1. The van der Waals surface area contributed by atoms with Crippen molar-refractivity contribution in [3.63, 3.8) is 0 Å². The van der Waals surface area contributed by atoms with Gasteiger partial charge in [-0.2, -0.15) is 9.50 Å². The number of nitrogens with one attached hydrogen (secondary N) is 1. The molecule has 26 heavy (non-hydrogen) atoms. The first-order chi connectivity index (χ1) is 12.7. The Morgan fingerprint density at radius 3 is 2.58 bits per heavy atom. The molecule has 4 rings (SSSR count). The van der Waals surface area contributed by atoms with E-state index >= 15 is 0 Å². The second-order valence-electron chi connectivity index (χ2n) is 6.34. The summed E-state index contributed by atoms with van der Waals surface area (Å²) in [5.74, 6) is 2.67. The van der Waals surface area contributed by atoms with Crippen molar-refractivity contribution in [3.8, 4) is 11.6 Å². The largest absolute Gasteiger partial charge is 0.461 e. The molecule has 0 fully saturated rings. The Kier molecular flexibility index (Phi) is 4.16. The second-order valence-corrected chi connectivity index (χ2v) is 6.34. The number of aryl methyl sites for hydroxylation is 2. The van der Waals surface area contributed by atoms with E-state index in [1.54, 1.807) is 10.8 Å². The number of anilines is 1. The maximum absolute atomic E-state index is 5.43. The molecule has 6 heteroatoms. The molecule has 0 aliphatic carbocycles. The maximum Gasteiger partial charge on any atom is 0.255 e. The smallest absolute Gasteiger partial charge is 0.255 e. The molecule has 0 bridgehead atoms. The van der Waals surface area contributed by atoms with E-state index in [-0.39, 0.29) is 0 Å². The van der Waals surface area contributed by atoms with E-state index in [9.17, 15) is 0 Å². The van der Waals surface area contributed by atoms with Crippen LogP contribution in [0.1, 0.15) is 29.3 Å². The number of fused-ring (bicyclic) bond motifs is 1. The number of hydrogen-bond acceptors (Lipinski definition) is 5. The highest BCUT2D eigenvalue weighted by molar-refractivity contribution is 5.57. The molecule has 0 unspecified atom stereocenters. The molecule has 0 saturated carbocycles. The van der Waals surface area contributed by atoms with Crippen molar-refractivity contribution in [1.82, 2.24) is 19.6 Å². The lowest BCUT2D eigenvalue weighted by molar-refractivity contribution is 0.577. The van der Waals surface area contributed by atoms with Gasteiger partial charge in [0.15, 0.2) is 5.76 Å². The van der Waals surface area contributed by atoms with E-state index < -0.39 is 0 Å². The molecule has 4 aromatic rings. The molecular weight excluding hydrogens is 326 g/mol. The third kappa shape index (κ3) is 2.94. The lowest BCUT2D eigenvalue weighted by Gasteiger charge is -2.14. The highest BCUT2D eigenvalue weighted by Gasteiger charge is 2.17. The molecular formula is C20H21N5O. The zero-order valence-electron chi connectivity index (χ0n) is 15.2. The van der Waals surface area contributed by atoms with Crippen LogP contribution in [0.4, 0.5) is 5.82 Å². The fourth-order valence-corrected chi connectivity index (χ4v) is 3.05. The molecule has 132 valence electrons. The van der Waals surface area contributed by atoms with Crippen LogP contribution in [0.25, 0.3) is 17.4 Å². The van der Waals surface area contributed by atoms with Gasteiger partial charge in [-0.15, -0.1) is 5.10 Å². The summed E-state index contributed by atoms with van der Waals surface area (Å²) in [5.41, 5.74) is 4.57. The first-order valence-corrected chi connectivity index (χ1v) is 8.75. The molecule has 3 aromatic heterocycles. The van der Waals surface area contributed by atoms with Crippen LogP contribution >= 0.6 is 0 Å². The van der Waals surface area contributed by atoms with Crippen LogP contribution in [0.2, 0.25) is 0 Å². The van der Waals surface area contributed by atoms with Crippen molar-refractivity contribution in [2.45, 2.75) is 33.7 Å². The molecule has 0 amide bonds. The van der Waals surface area contributed by atoms with Gasteiger partial charge in [-0.05, 0) is 38.0 Å². The molecule has 0 aliphatic rings. The molecule has 3 heterocycles. The van der Waals surface area contributed by atoms with Gasteiger partial charge in [-0.1, -0.05) is 36.8 Å².